The first kappa shape index (κ1) is 14.8. The zero-order valence-electron chi connectivity index (χ0n) is 10.8. The number of benzene rings is 1. The summed E-state index contributed by atoms with van der Waals surface area (Å²) >= 11 is 2.36. The molecule has 1 rings (SSSR count). The highest BCUT2D eigenvalue weighted by Crippen LogP contribution is 2.29. The number of alkyl halides is 1. The molecule has 1 aromatic carbocycles. The maximum absolute atomic E-state index is 5.94. The first-order valence-electron chi connectivity index (χ1n) is 5.99. The van der Waals surface area contributed by atoms with Crippen molar-refractivity contribution < 1.29 is 9.47 Å². The molecule has 0 aromatic heterocycles. The normalized spacial score (nSPS) is 12.8. The van der Waals surface area contributed by atoms with Crippen molar-refractivity contribution in [3.05, 3.63) is 29.8 Å². The second-order valence-corrected chi connectivity index (χ2v) is 5.32. The molecule has 0 aliphatic heterocycles. The molecule has 0 fully saturated rings. The number of hydrogen-bond acceptors (Lipinski definition) is 2. The second-order valence-electron chi connectivity index (χ2n) is 4.44. The van der Waals surface area contributed by atoms with E-state index in [0.29, 0.717) is 5.92 Å². The fourth-order valence-corrected chi connectivity index (χ4v) is 2.32. The third-order valence-electron chi connectivity index (χ3n) is 2.64. The van der Waals surface area contributed by atoms with Gasteiger partial charge in [-0.15, -0.1) is 0 Å². The molecule has 0 aliphatic rings. The van der Waals surface area contributed by atoms with Crippen LogP contribution >= 0.6 is 22.6 Å². The van der Waals surface area contributed by atoms with Crippen molar-refractivity contribution in [3.8, 4) is 5.75 Å². The summed E-state index contributed by atoms with van der Waals surface area (Å²) in [5.74, 6) is 1.60. The van der Waals surface area contributed by atoms with E-state index in [9.17, 15) is 0 Å². The van der Waals surface area contributed by atoms with Crippen LogP contribution in [0.2, 0.25) is 0 Å². The van der Waals surface area contributed by atoms with Crippen molar-refractivity contribution in [3.63, 3.8) is 0 Å². The quantitative estimate of drug-likeness (QED) is 0.542. The zero-order chi connectivity index (χ0) is 12.7. The average molecular weight is 348 g/mol. The highest BCUT2D eigenvalue weighted by molar-refractivity contribution is 14.1. The molecule has 0 saturated carbocycles. The van der Waals surface area contributed by atoms with Gasteiger partial charge in [0.05, 0.1) is 13.2 Å². The molecule has 1 unspecified atom stereocenters. The number of para-hydroxylation sites is 1. The molecule has 3 heteroatoms. The monoisotopic (exact) mass is 348 g/mol. The van der Waals surface area contributed by atoms with E-state index in [2.05, 4.69) is 42.5 Å². The Bertz CT molecular complexity index is 326. The van der Waals surface area contributed by atoms with Crippen molar-refractivity contribution in [2.24, 2.45) is 5.92 Å². The molecule has 1 atom stereocenters. The molecular formula is C14H21IO2. The van der Waals surface area contributed by atoms with E-state index in [0.717, 1.165) is 28.8 Å². The Kier molecular flexibility index (Phi) is 6.89. The molecule has 0 bridgehead atoms. The summed E-state index contributed by atoms with van der Waals surface area (Å²) < 4.78 is 12.3. The SMILES string of the molecule is COc1ccccc1C(CI)OCCC(C)C. The van der Waals surface area contributed by atoms with E-state index < -0.39 is 0 Å². The Morgan fingerprint density at radius 2 is 1.94 bits per heavy atom. The Morgan fingerprint density at radius 1 is 1.24 bits per heavy atom. The Balaban J connectivity index is 2.65. The van der Waals surface area contributed by atoms with Gasteiger partial charge in [-0.1, -0.05) is 54.6 Å². The topological polar surface area (TPSA) is 18.5 Å². The smallest absolute Gasteiger partial charge is 0.124 e. The van der Waals surface area contributed by atoms with Gasteiger partial charge in [-0.3, -0.25) is 0 Å². The average Bonchev–Trinajstić information content (AvgIpc) is 2.34. The van der Waals surface area contributed by atoms with Gasteiger partial charge in [-0.2, -0.15) is 0 Å². The zero-order valence-corrected chi connectivity index (χ0v) is 12.9. The molecule has 0 aliphatic carbocycles. The summed E-state index contributed by atoms with van der Waals surface area (Å²) in [7, 11) is 1.71. The Labute approximate surface area is 118 Å². The molecular weight excluding hydrogens is 327 g/mol. The maximum atomic E-state index is 5.94. The molecule has 0 radical (unpaired) electrons. The molecule has 0 amide bonds. The molecule has 0 saturated heterocycles. The van der Waals surface area contributed by atoms with E-state index in [1.165, 1.54) is 0 Å². The van der Waals surface area contributed by atoms with Gasteiger partial charge in [-0.05, 0) is 18.4 Å². The fourth-order valence-electron chi connectivity index (χ4n) is 1.60. The van der Waals surface area contributed by atoms with Crippen LogP contribution in [0.4, 0.5) is 0 Å². The van der Waals surface area contributed by atoms with Crippen LogP contribution in [-0.4, -0.2) is 18.1 Å². The summed E-state index contributed by atoms with van der Waals surface area (Å²) in [6.07, 6.45) is 1.23. The Hall–Kier alpha value is -0.290. The first-order chi connectivity index (χ1) is 8.19. The van der Waals surface area contributed by atoms with Crippen LogP contribution in [0.3, 0.4) is 0 Å². The summed E-state index contributed by atoms with van der Waals surface area (Å²) in [6.45, 7) is 5.24. The Morgan fingerprint density at radius 3 is 2.53 bits per heavy atom. The predicted octanol–water partition coefficient (Wildman–Crippen LogP) is 4.23. The van der Waals surface area contributed by atoms with Gasteiger partial charge in [-0.25, -0.2) is 0 Å². The van der Waals surface area contributed by atoms with Gasteiger partial charge >= 0.3 is 0 Å². The maximum Gasteiger partial charge on any atom is 0.124 e. The third-order valence-corrected chi connectivity index (χ3v) is 3.44. The van der Waals surface area contributed by atoms with Gasteiger partial charge in [0.15, 0.2) is 0 Å². The van der Waals surface area contributed by atoms with E-state index in [4.69, 9.17) is 9.47 Å². The van der Waals surface area contributed by atoms with Crippen molar-refractivity contribution >= 4 is 22.6 Å². The number of ether oxygens (including phenoxy) is 2. The second kappa shape index (κ2) is 7.93. The van der Waals surface area contributed by atoms with Crippen molar-refractivity contribution in [1.29, 1.82) is 0 Å². The van der Waals surface area contributed by atoms with Crippen molar-refractivity contribution in [2.45, 2.75) is 26.4 Å². The third kappa shape index (κ3) is 4.84. The van der Waals surface area contributed by atoms with Gasteiger partial charge in [0, 0.05) is 16.6 Å². The lowest BCUT2D eigenvalue weighted by atomic mass is 10.1. The van der Waals surface area contributed by atoms with Crippen LogP contribution in [0.5, 0.6) is 5.75 Å². The van der Waals surface area contributed by atoms with Gasteiger partial charge in [0.2, 0.25) is 0 Å². The number of methoxy groups -OCH3 is 1. The number of hydrogen-bond donors (Lipinski definition) is 0. The lowest BCUT2D eigenvalue weighted by molar-refractivity contribution is 0.0617. The first-order valence-corrected chi connectivity index (χ1v) is 7.52. The summed E-state index contributed by atoms with van der Waals surface area (Å²) in [4.78, 5) is 0. The van der Waals surface area contributed by atoms with Crippen LogP contribution in [0, 0.1) is 5.92 Å². The standard InChI is InChI=1S/C14H21IO2/c1-11(2)8-9-17-14(10-15)12-6-4-5-7-13(12)16-3/h4-7,11,14H,8-10H2,1-3H3. The van der Waals surface area contributed by atoms with Gasteiger partial charge in [0.25, 0.3) is 0 Å². The van der Waals surface area contributed by atoms with Gasteiger partial charge < -0.3 is 9.47 Å². The lowest BCUT2D eigenvalue weighted by Gasteiger charge is -2.19. The predicted molar refractivity (Wildman–Crippen MR) is 80.0 cm³/mol. The molecule has 17 heavy (non-hydrogen) atoms. The molecule has 0 spiro atoms. The highest BCUT2D eigenvalue weighted by Gasteiger charge is 2.15. The highest BCUT2D eigenvalue weighted by atomic mass is 127. The number of halogens is 1. The van der Waals surface area contributed by atoms with E-state index >= 15 is 0 Å². The minimum absolute atomic E-state index is 0.130. The summed E-state index contributed by atoms with van der Waals surface area (Å²) in [5.41, 5.74) is 1.15. The summed E-state index contributed by atoms with van der Waals surface area (Å²) in [5, 5.41) is 0. The fraction of sp³-hybridized carbons (Fsp3) is 0.571. The van der Waals surface area contributed by atoms with Gasteiger partial charge in [0.1, 0.15) is 5.75 Å². The van der Waals surface area contributed by atoms with Crippen LogP contribution < -0.4 is 4.74 Å². The van der Waals surface area contributed by atoms with Crippen LogP contribution in [0.25, 0.3) is 0 Å². The molecule has 1 aromatic rings. The van der Waals surface area contributed by atoms with E-state index in [-0.39, 0.29) is 6.10 Å². The molecule has 96 valence electrons. The molecule has 0 heterocycles. The van der Waals surface area contributed by atoms with E-state index in [1.807, 2.05) is 18.2 Å². The van der Waals surface area contributed by atoms with Crippen LogP contribution in [0.1, 0.15) is 31.9 Å². The van der Waals surface area contributed by atoms with Crippen molar-refractivity contribution in [2.75, 3.05) is 18.1 Å². The van der Waals surface area contributed by atoms with E-state index in [1.54, 1.807) is 7.11 Å². The minimum Gasteiger partial charge on any atom is -0.496 e. The lowest BCUT2D eigenvalue weighted by Crippen LogP contribution is -2.09. The summed E-state index contributed by atoms with van der Waals surface area (Å²) in [6, 6.07) is 8.08. The van der Waals surface area contributed by atoms with Crippen LogP contribution in [0.15, 0.2) is 24.3 Å². The largest absolute Gasteiger partial charge is 0.496 e. The van der Waals surface area contributed by atoms with Crippen molar-refractivity contribution in [1.82, 2.24) is 0 Å². The van der Waals surface area contributed by atoms with Crippen LogP contribution in [-0.2, 0) is 4.74 Å². The molecule has 2 nitrogen and oxygen atoms in total. The minimum atomic E-state index is 0.130. The number of rotatable bonds is 7. The molecule has 0 N–H and O–H groups in total.